The van der Waals surface area contributed by atoms with E-state index < -0.39 is 5.82 Å². The summed E-state index contributed by atoms with van der Waals surface area (Å²) in [5, 5.41) is 5.14. The summed E-state index contributed by atoms with van der Waals surface area (Å²) in [5.74, 6) is -0.983. The van der Waals surface area contributed by atoms with E-state index in [0.717, 1.165) is 0 Å². The molecule has 0 bridgehead atoms. The summed E-state index contributed by atoms with van der Waals surface area (Å²) in [6, 6.07) is 4.33. The number of rotatable bonds is 6. The third-order valence-corrected chi connectivity index (χ3v) is 2.48. The predicted molar refractivity (Wildman–Crippen MR) is 72.9 cm³/mol. The van der Waals surface area contributed by atoms with Gasteiger partial charge in [0.05, 0.1) is 20.1 Å². The number of amides is 2. The monoisotopic (exact) mass is 282 g/mol. The van der Waals surface area contributed by atoms with Crippen molar-refractivity contribution < 1.29 is 18.7 Å². The highest BCUT2D eigenvalue weighted by Crippen LogP contribution is 2.17. The first-order chi connectivity index (χ1) is 9.42. The molecule has 0 aromatic heterocycles. The number of carbonyl (C=O) groups excluding carboxylic acids is 2. The van der Waals surface area contributed by atoms with Crippen LogP contribution in [0.15, 0.2) is 18.2 Å². The molecule has 0 aliphatic rings. The van der Waals surface area contributed by atoms with Crippen molar-refractivity contribution >= 4 is 11.8 Å². The Morgan fingerprint density at radius 3 is 2.55 bits per heavy atom. The van der Waals surface area contributed by atoms with Gasteiger partial charge in [-0.1, -0.05) is 6.07 Å². The number of benzene rings is 1. The molecule has 0 aliphatic heterocycles. The lowest BCUT2D eigenvalue weighted by Crippen LogP contribution is -2.40. The highest BCUT2D eigenvalue weighted by atomic mass is 19.1. The Morgan fingerprint density at radius 2 is 2.00 bits per heavy atom. The second-order valence-corrected chi connectivity index (χ2v) is 4.64. The number of halogens is 1. The van der Waals surface area contributed by atoms with Gasteiger partial charge in [-0.05, 0) is 31.5 Å². The minimum absolute atomic E-state index is 0.00979. The van der Waals surface area contributed by atoms with Gasteiger partial charge in [-0.3, -0.25) is 9.59 Å². The Kier molecular flexibility index (Phi) is 5.96. The van der Waals surface area contributed by atoms with Gasteiger partial charge in [0, 0.05) is 6.04 Å². The minimum Gasteiger partial charge on any atom is -0.494 e. The van der Waals surface area contributed by atoms with Crippen molar-refractivity contribution in [2.75, 3.05) is 13.7 Å². The van der Waals surface area contributed by atoms with E-state index in [1.165, 1.54) is 19.2 Å². The first kappa shape index (κ1) is 15.9. The average Bonchev–Trinajstić information content (AvgIpc) is 2.36. The number of methoxy groups -OCH3 is 1. The van der Waals surface area contributed by atoms with Crippen LogP contribution in [0.3, 0.4) is 0 Å². The van der Waals surface area contributed by atoms with Crippen molar-refractivity contribution in [1.82, 2.24) is 10.6 Å². The number of hydrogen-bond acceptors (Lipinski definition) is 3. The van der Waals surface area contributed by atoms with E-state index in [9.17, 15) is 14.0 Å². The lowest BCUT2D eigenvalue weighted by atomic mass is 10.1. The lowest BCUT2D eigenvalue weighted by molar-refractivity contribution is -0.126. The largest absolute Gasteiger partial charge is 0.494 e. The van der Waals surface area contributed by atoms with Crippen LogP contribution in [0.4, 0.5) is 4.39 Å². The molecular weight excluding hydrogens is 263 g/mol. The zero-order valence-electron chi connectivity index (χ0n) is 11.8. The molecule has 0 radical (unpaired) electrons. The molecule has 2 amide bonds. The molecule has 0 aliphatic carbocycles. The molecular formula is C14H19FN2O3. The smallest absolute Gasteiger partial charge is 0.239 e. The van der Waals surface area contributed by atoms with Crippen LogP contribution in [0.1, 0.15) is 19.4 Å². The molecule has 0 fully saturated rings. The van der Waals surface area contributed by atoms with Crippen molar-refractivity contribution in [2.24, 2.45) is 0 Å². The molecule has 0 saturated carbocycles. The Labute approximate surface area is 117 Å². The van der Waals surface area contributed by atoms with Gasteiger partial charge in [-0.2, -0.15) is 0 Å². The zero-order chi connectivity index (χ0) is 15.1. The zero-order valence-corrected chi connectivity index (χ0v) is 11.8. The van der Waals surface area contributed by atoms with Crippen molar-refractivity contribution in [3.8, 4) is 5.75 Å². The molecule has 2 N–H and O–H groups in total. The Balaban J connectivity index is 2.46. The standard InChI is InChI=1S/C14H19FN2O3/c1-9(2)17-14(19)8-16-13(18)7-10-4-5-12(20-3)11(15)6-10/h4-6,9H,7-8H2,1-3H3,(H,16,18)(H,17,19). The number of hydrogen-bond donors (Lipinski definition) is 2. The maximum absolute atomic E-state index is 13.4. The molecule has 0 unspecified atom stereocenters. The SMILES string of the molecule is COc1ccc(CC(=O)NCC(=O)NC(C)C)cc1F. The molecule has 1 aromatic rings. The van der Waals surface area contributed by atoms with Crippen molar-refractivity contribution in [3.63, 3.8) is 0 Å². The van der Waals surface area contributed by atoms with Gasteiger partial charge in [0.25, 0.3) is 0 Å². The van der Waals surface area contributed by atoms with Gasteiger partial charge >= 0.3 is 0 Å². The Bertz CT molecular complexity index is 489. The second-order valence-electron chi connectivity index (χ2n) is 4.64. The summed E-state index contributed by atoms with van der Waals surface area (Å²) in [6.07, 6.45) is 0.00979. The van der Waals surface area contributed by atoms with Crippen LogP contribution in [-0.4, -0.2) is 31.5 Å². The number of carbonyl (C=O) groups is 2. The normalized spacial score (nSPS) is 10.2. The molecule has 0 atom stereocenters. The van der Waals surface area contributed by atoms with E-state index in [4.69, 9.17) is 4.74 Å². The topological polar surface area (TPSA) is 67.4 Å². The Hall–Kier alpha value is -2.11. The van der Waals surface area contributed by atoms with E-state index in [1.54, 1.807) is 6.07 Å². The lowest BCUT2D eigenvalue weighted by Gasteiger charge is -2.09. The maximum atomic E-state index is 13.4. The van der Waals surface area contributed by atoms with E-state index in [1.807, 2.05) is 13.8 Å². The van der Waals surface area contributed by atoms with Gasteiger partial charge < -0.3 is 15.4 Å². The van der Waals surface area contributed by atoms with Gasteiger partial charge in [0.15, 0.2) is 11.6 Å². The highest BCUT2D eigenvalue weighted by Gasteiger charge is 2.09. The van der Waals surface area contributed by atoms with Crippen LogP contribution in [-0.2, 0) is 16.0 Å². The van der Waals surface area contributed by atoms with E-state index in [-0.39, 0.29) is 36.6 Å². The van der Waals surface area contributed by atoms with Gasteiger partial charge in [-0.25, -0.2) is 4.39 Å². The molecule has 20 heavy (non-hydrogen) atoms. The van der Waals surface area contributed by atoms with Crippen LogP contribution >= 0.6 is 0 Å². The summed E-state index contributed by atoms with van der Waals surface area (Å²) in [7, 11) is 1.37. The first-order valence-corrected chi connectivity index (χ1v) is 6.31. The van der Waals surface area contributed by atoms with Gasteiger partial charge in [0.1, 0.15) is 0 Å². The number of nitrogens with one attached hydrogen (secondary N) is 2. The first-order valence-electron chi connectivity index (χ1n) is 6.31. The van der Waals surface area contributed by atoms with Crippen molar-refractivity contribution in [2.45, 2.75) is 26.3 Å². The summed E-state index contributed by atoms with van der Waals surface area (Å²) in [5.41, 5.74) is 0.519. The molecule has 1 aromatic carbocycles. The fraction of sp³-hybridized carbons (Fsp3) is 0.429. The van der Waals surface area contributed by atoms with Crippen LogP contribution in [0.25, 0.3) is 0 Å². The molecule has 0 saturated heterocycles. The van der Waals surface area contributed by atoms with Crippen LogP contribution in [0, 0.1) is 5.82 Å². The summed E-state index contributed by atoms with van der Waals surface area (Å²) >= 11 is 0. The molecule has 0 heterocycles. The van der Waals surface area contributed by atoms with E-state index >= 15 is 0 Å². The van der Waals surface area contributed by atoms with E-state index in [0.29, 0.717) is 5.56 Å². The Morgan fingerprint density at radius 1 is 1.30 bits per heavy atom. The van der Waals surface area contributed by atoms with Crippen molar-refractivity contribution in [1.29, 1.82) is 0 Å². The predicted octanol–water partition coefficient (Wildman–Crippen LogP) is 1.02. The summed E-state index contributed by atoms with van der Waals surface area (Å²) in [4.78, 5) is 23.0. The maximum Gasteiger partial charge on any atom is 0.239 e. The van der Waals surface area contributed by atoms with Crippen LogP contribution in [0.2, 0.25) is 0 Å². The third-order valence-electron chi connectivity index (χ3n) is 2.48. The summed E-state index contributed by atoms with van der Waals surface area (Å²) < 4.78 is 18.2. The van der Waals surface area contributed by atoms with Gasteiger partial charge in [0.2, 0.25) is 11.8 Å². The number of ether oxygens (including phenoxy) is 1. The van der Waals surface area contributed by atoms with Crippen molar-refractivity contribution in [3.05, 3.63) is 29.6 Å². The highest BCUT2D eigenvalue weighted by molar-refractivity contribution is 5.85. The molecule has 110 valence electrons. The average molecular weight is 282 g/mol. The fourth-order valence-electron chi connectivity index (χ4n) is 1.62. The molecule has 1 rings (SSSR count). The molecule has 0 spiro atoms. The third kappa shape index (κ3) is 5.26. The quantitative estimate of drug-likeness (QED) is 0.818. The molecule has 6 heteroatoms. The summed E-state index contributed by atoms with van der Waals surface area (Å²) in [6.45, 7) is 3.58. The second kappa shape index (κ2) is 7.47. The molecule has 5 nitrogen and oxygen atoms in total. The fourth-order valence-corrected chi connectivity index (χ4v) is 1.62. The van der Waals surface area contributed by atoms with Crippen LogP contribution in [0.5, 0.6) is 5.75 Å². The van der Waals surface area contributed by atoms with Gasteiger partial charge in [-0.15, -0.1) is 0 Å². The minimum atomic E-state index is -0.518. The van der Waals surface area contributed by atoms with Crippen LogP contribution < -0.4 is 15.4 Å². The van der Waals surface area contributed by atoms with E-state index in [2.05, 4.69) is 10.6 Å².